The summed E-state index contributed by atoms with van der Waals surface area (Å²) in [5.41, 5.74) is 0.576. The van der Waals surface area contributed by atoms with Crippen LogP contribution in [0.15, 0.2) is 36.4 Å². The third-order valence-corrected chi connectivity index (χ3v) is 5.96. The second-order valence-corrected chi connectivity index (χ2v) is 8.54. The Morgan fingerprint density at radius 1 is 1.07 bits per heavy atom. The van der Waals surface area contributed by atoms with E-state index in [4.69, 9.17) is 9.47 Å². The molecule has 29 heavy (non-hydrogen) atoms. The number of unbranched alkanes of at least 4 members (excludes halogenated alkanes) is 2. The number of hydrogen-bond donors (Lipinski definition) is 0. The average Bonchev–Trinajstić information content (AvgIpc) is 2.73. The Bertz CT molecular complexity index is 597. The molecule has 1 unspecified atom stereocenters. The molecule has 1 aromatic carbocycles. The molecule has 0 saturated heterocycles. The Morgan fingerprint density at radius 2 is 1.79 bits per heavy atom. The van der Waals surface area contributed by atoms with Crippen LogP contribution >= 0.6 is 0 Å². The van der Waals surface area contributed by atoms with Gasteiger partial charge >= 0.3 is 5.97 Å². The maximum Gasteiger partial charge on any atom is 0.338 e. The summed E-state index contributed by atoms with van der Waals surface area (Å²) >= 11 is 0. The standard InChI is InChI=1S/C26H40O3/c1-4-6-7-10-22-12-14-23(15-13-22)11-8-20-28-25-18-16-24(17-19-25)26(27)29-21(3)9-5-2/h8,11,16-19,21-23H,4-7,9-10,12-15,20H2,1-3H3/t21?,22-,23-. The van der Waals surface area contributed by atoms with E-state index in [1.165, 1.54) is 51.4 Å². The fourth-order valence-electron chi connectivity index (χ4n) is 4.15. The van der Waals surface area contributed by atoms with Gasteiger partial charge in [0.2, 0.25) is 0 Å². The van der Waals surface area contributed by atoms with Crippen LogP contribution in [0.4, 0.5) is 0 Å². The molecule has 0 bridgehead atoms. The van der Waals surface area contributed by atoms with Crippen LogP contribution in [-0.4, -0.2) is 18.7 Å². The van der Waals surface area contributed by atoms with Crippen LogP contribution < -0.4 is 4.74 Å². The van der Waals surface area contributed by atoms with Crippen molar-refractivity contribution >= 4 is 5.97 Å². The highest BCUT2D eigenvalue weighted by molar-refractivity contribution is 5.89. The van der Waals surface area contributed by atoms with Gasteiger partial charge < -0.3 is 9.47 Å². The topological polar surface area (TPSA) is 35.5 Å². The van der Waals surface area contributed by atoms with Crippen LogP contribution in [0.25, 0.3) is 0 Å². The van der Waals surface area contributed by atoms with E-state index in [1.807, 2.05) is 19.1 Å². The summed E-state index contributed by atoms with van der Waals surface area (Å²) in [4.78, 5) is 12.1. The van der Waals surface area contributed by atoms with Crippen LogP contribution in [0.2, 0.25) is 0 Å². The Morgan fingerprint density at radius 3 is 2.45 bits per heavy atom. The first-order valence-electron chi connectivity index (χ1n) is 11.7. The molecule has 162 valence electrons. The van der Waals surface area contributed by atoms with E-state index in [2.05, 4.69) is 26.0 Å². The molecule has 0 amide bonds. The van der Waals surface area contributed by atoms with E-state index < -0.39 is 0 Å². The van der Waals surface area contributed by atoms with Crippen LogP contribution in [0.1, 0.15) is 95.3 Å². The predicted octanol–water partition coefficient (Wildman–Crippen LogP) is 7.35. The lowest BCUT2D eigenvalue weighted by atomic mass is 9.79. The number of esters is 1. The summed E-state index contributed by atoms with van der Waals surface area (Å²) in [5, 5.41) is 0. The van der Waals surface area contributed by atoms with Gasteiger partial charge in [-0.05, 0) is 75.1 Å². The van der Waals surface area contributed by atoms with Crippen molar-refractivity contribution in [2.75, 3.05) is 6.61 Å². The molecule has 3 heteroatoms. The minimum atomic E-state index is -0.261. The SMILES string of the molecule is CCCCC[C@H]1CC[C@H](C=CCOc2ccc(C(=O)OC(C)CCC)cc2)CC1. The third kappa shape index (κ3) is 9.06. The van der Waals surface area contributed by atoms with Crippen LogP contribution in [0.3, 0.4) is 0 Å². The van der Waals surface area contributed by atoms with Gasteiger partial charge in [0.05, 0.1) is 11.7 Å². The lowest BCUT2D eigenvalue weighted by Crippen LogP contribution is -2.14. The van der Waals surface area contributed by atoms with Crippen molar-refractivity contribution in [3.05, 3.63) is 42.0 Å². The summed E-state index contributed by atoms with van der Waals surface area (Å²) in [6.45, 7) is 6.88. The molecule has 1 aromatic rings. The van der Waals surface area contributed by atoms with Gasteiger partial charge in [-0.2, -0.15) is 0 Å². The number of ether oxygens (including phenoxy) is 2. The normalized spacial score (nSPS) is 20.5. The summed E-state index contributed by atoms with van der Waals surface area (Å²) in [6, 6.07) is 7.24. The van der Waals surface area contributed by atoms with E-state index >= 15 is 0 Å². The molecule has 1 aliphatic carbocycles. The summed E-state index contributed by atoms with van der Waals surface area (Å²) in [7, 11) is 0. The molecule has 0 aromatic heterocycles. The van der Waals surface area contributed by atoms with Gasteiger partial charge in [-0.1, -0.05) is 58.1 Å². The number of rotatable bonds is 12. The van der Waals surface area contributed by atoms with Crippen molar-refractivity contribution in [2.24, 2.45) is 11.8 Å². The van der Waals surface area contributed by atoms with Gasteiger partial charge in [0.25, 0.3) is 0 Å². The highest BCUT2D eigenvalue weighted by Gasteiger charge is 2.18. The molecule has 2 rings (SSSR count). The number of hydrogen-bond acceptors (Lipinski definition) is 3. The fourth-order valence-corrected chi connectivity index (χ4v) is 4.15. The Hall–Kier alpha value is -1.77. The van der Waals surface area contributed by atoms with E-state index in [-0.39, 0.29) is 12.1 Å². The first kappa shape index (κ1) is 23.5. The molecule has 3 nitrogen and oxygen atoms in total. The maximum atomic E-state index is 12.1. The second kappa shape index (κ2) is 13.5. The third-order valence-electron chi connectivity index (χ3n) is 5.96. The van der Waals surface area contributed by atoms with Crippen LogP contribution in [-0.2, 0) is 4.74 Å². The predicted molar refractivity (Wildman–Crippen MR) is 120 cm³/mol. The van der Waals surface area contributed by atoms with E-state index in [9.17, 15) is 4.79 Å². The first-order chi connectivity index (χ1) is 14.1. The minimum absolute atomic E-state index is 0.0417. The lowest BCUT2D eigenvalue weighted by molar-refractivity contribution is 0.0323. The zero-order chi connectivity index (χ0) is 20.9. The molecular weight excluding hydrogens is 360 g/mol. The van der Waals surface area contributed by atoms with Gasteiger partial charge in [-0.15, -0.1) is 0 Å². The van der Waals surface area contributed by atoms with Gasteiger partial charge in [0, 0.05) is 0 Å². The number of allylic oxidation sites excluding steroid dienone is 1. The lowest BCUT2D eigenvalue weighted by Gasteiger charge is -2.26. The fraction of sp³-hybridized carbons (Fsp3) is 0.654. The largest absolute Gasteiger partial charge is 0.490 e. The molecule has 1 fully saturated rings. The number of carbonyl (C=O) groups excluding carboxylic acids is 1. The number of benzene rings is 1. The van der Waals surface area contributed by atoms with Crippen LogP contribution in [0, 0.1) is 11.8 Å². The van der Waals surface area contributed by atoms with Gasteiger partial charge in [0.1, 0.15) is 12.4 Å². The van der Waals surface area contributed by atoms with Crippen molar-refractivity contribution < 1.29 is 14.3 Å². The highest BCUT2D eigenvalue weighted by atomic mass is 16.5. The molecule has 1 atom stereocenters. The van der Waals surface area contributed by atoms with Crippen molar-refractivity contribution in [3.63, 3.8) is 0 Å². The minimum Gasteiger partial charge on any atom is -0.490 e. The summed E-state index contributed by atoms with van der Waals surface area (Å²) in [6.07, 6.45) is 17.3. The van der Waals surface area contributed by atoms with Gasteiger partial charge in [-0.3, -0.25) is 0 Å². The van der Waals surface area contributed by atoms with Crippen LogP contribution in [0.5, 0.6) is 5.75 Å². The van der Waals surface area contributed by atoms with Crippen molar-refractivity contribution in [1.29, 1.82) is 0 Å². The zero-order valence-electron chi connectivity index (χ0n) is 18.7. The number of carbonyl (C=O) groups is 1. The molecule has 0 aliphatic heterocycles. The molecule has 1 saturated carbocycles. The van der Waals surface area contributed by atoms with E-state index in [0.29, 0.717) is 18.1 Å². The van der Waals surface area contributed by atoms with Gasteiger partial charge in [-0.25, -0.2) is 4.79 Å². The maximum absolute atomic E-state index is 12.1. The highest BCUT2D eigenvalue weighted by Crippen LogP contribution is 2.32. The second-order valence-electron chi connectivity index (χ2n) is 8.54. The summed E-state index contributed by atoms with van der Waals surface area (Å²) < 4.78 is 11.2. The molecule has 0 spiro atoms. The molecule has 0 N–H and O–H groups in total. The van der Waals surface area contributed by atoms with E-state index in [0.717, 1.165) is 24.5 Å². The van der Waals surface area contributed by atoms with Crippen molar-refractivity contribution in [3.8, 4) is 5.75 Å². The smallest absolute Gasteiger partial charge is 0.338 e. The Kier molecular flexibility index (Phi) is 10.9. The van der Waals surface area contributed by atoms with Gasteiger partial charge in [0.15, 0.2) is 0 Å². The first-order valence-corrected chi connectivity index (χ1v) is 11.7. The molecule has 0 heterocycles. The zero-order valence-corrected chi connectivity index (χ0v) is 18.7. The quantitative estimate of drug-likeness (QED) is 0.209. The van der Waals surface area contributed by atoms with E-state index in [1.54, 1.807) is 12.1 Å². The Balaban J connectivity index is 1.65. The monoisotopic (exact) mass is 400 g/mol. The Labute approximate surface area is 177 Å². The summed E-state index contributed by atoms with van der Waals surface area (Å²) in [5.74, 6) is 2.19. The molecule has 1 aliphatic rings. The molecule has 0 radical (unpaired) electrons. The molecular formula is C26H40O3. The van der Waals surface area contributed by atoms with Crippen molar-refractivity contribution in [1.82, 2.24) is 0 Å². The van der Waals surface area contributed by atoms with Crippen molar-refractivity contribution in [2.45, 2.75) is 91.1 Å². The average molecular weight is 401 g/mol.